The van der Waals surface area contributed by atoms with E-state index in [0.717, 1.165) is 30.9 Å². The van der Waals surface area contributed by atoms with Gasteiger partial charge in [0.1, 0.15) is 12.0 Å². The van der Waals surface area contributed by atoms with Crippen molar-refractivity contribution in [2.75, 3.05) is 6.61 Å². The Balaban J connectivity index is 1.67. The standard InChI is InChI=1S/C16H23N5O/c1-2-11-7-10(4-6-22)8-12(11)16-20-19-14-9-18-15-13(21(14)16)3-5-17-15/h3,5,9-13,15,17,22H,2,4,6-8H2,1H3/t10-,11-,12+,13?,15?/m1/s1. The predicted molar refractivity (Wildman–Crippen MR) is 83.7 cm³/mol. The summed E-state index contributed by atoms with van der Waals surface area (Å²) < 4.78 is 2.27. The van der Waals surface area contributed by atoms with Gasteiger partial charge in [0.25, 0.3) is 0 Å². The van der Waals surface area contributed by atoms with Gasteiger partial charge in [-0.1, -0.05) is 13.3 Å². The molecule has 3 heterocycles. The van der Waals surface area contributed by atoms with Crippen LogP contribution in [0.25, 0.3) is 0 Å². The van der Waals surface area contributed by atoms with Crippen LogP contribution in [0.1, 0.15) is 56.2 Å². The fourth-order valence-electron chi connectivity index (χ4n) is 4.35. The molecule has 3 aliphatic rings. The van der Waals surface area contributed by atoms with Crippen LogP contribution >= 0.6 is 0 Å². The highest BCUT2D eigenvalue weighted by Crippen LogP contribution is 2.46. The van der Waals surface area contributed by atoms with Crippen molar-refractivity contribution >= 4 is 6.21 Å². The van der Waals surface area contributed by atoms with E-state index in [0.29, 0.717) is 17.8 Å². The summed E-state index contributed by atoms with van der Waals surface area (Å²) in [5, 5.41) is 21.4. The maximum Gasteiger partial charge on any atom is 0.175 e. The smallest absolute Gasteiger partial charge is 0.175 e. The lowest BCUT2D eigenvalue weighted by molar-refractivity contribution is 0.255. The van der Waals surface area contributed by atoms with E-state index in [1.807, 2.05) is 12.4 Å². The van der Waals surface area contributed by atoms with Gasteiger partial charge in [-0.25, -0.2) is 0 Å². The summed E-state index contributed by atoms with van der Waals surface area (Å²) in [5.74, 6) is 3.67. The van der Waals surface area contributed by atoms with Gasteiger partial charge in [-0.3, -0.25) is 9.56 Å². The van der Waals surface area contributed by atoms with Crippen molar-refractivity contribution in [3.63, 3.8) is 0 Å². The molecule has 1 aliphatic carbocycles. The number of hydrogen-bond acceptors (Lipinski definition) is 5. The maximum atomic E-state index is 9.25. The Morgan fingerprint density at radius 1 is 1.36 bits per heavy atom. The number of nitrogens with zero attached hydrogens (tertiary/aromatic N) is 4. The van der Waals surface area contributed by atoms with Gasteiger partial charge in [-0.2, -0.15) is 0 Å². The van der Waals surface area contributed by atoms with Crippen LogP contribution in [0, 0.1) is 11.8 Å². The van der Waals surface area contributed by atoms with E-state index in [1.54, 1.807) is 0 Å². The van der Waals surface area contributed by atoms with Gasteiger partial charge in [-0.05, 0) is 43.4 Å². The summed E-state index contributed by atoms with van der Waals surface area (Å²) in [5.41, 5.74) is 0. The van der Waals surface area contributed by atoms with Gasteiger partial charge >= 0.3 is 0 Å². The quantitative estimate of drug-likeness (QED) is 0.885. The third-order valence-electron chi connectivity index (χ3n) is 5.47. The van der Waals surface area contributed by atoms with Gasteiger partial charge < -0.3 is 10.4 Å². The van der Waals surface area contributed by atoms with Crippen molar-refractivity contribution in [3.8, 4) is 0 Å². The van der Waals surface area contributed by atoms with Crippen molar-refractivity contribution in [1.29, 1.82) is 0 Å². The molecule has 4 rings (SSSR count). The van der Waals surface area contributed by atoms with Crippen molar-refractivity contribution in [3.05, 3.63) is 23.9 Å². The molecule has 22 heavy (non-hydrogen) atoms. The molecule has 1 aromatic rings. The van der Waals surface area contributed by atoms with E-state index in [2.05, 4.69) is 38.1 Å². The summed E-state index contributed by atoms with van der Waals surface area (Å²) in [6.45, 7) is 2.55. The van der Waals surface area contributed by atoms with Crippen molar-refractivity contribution in [2.24, 2.45) is 16.8 Å². The SMILES string of the molecule is CC[C@@H]1C[C@@H](CCO)C[C@@H]1c1nnc2n1C1C=CNC1N=C2. The highest BCUT2D eigenvalue weighted by atomic mass is 16.3. The highest BCUT2D eigenvalue weighted by molar-refractivity contribution is 5.76. The van der Waals surface area contributed by atoms with Crippen LogP contribution in [0.15, 0.2) is 17.3 Å². The van der Waals surface area contributed by atoms with Gasteiger partial charge in [-0.15, -0.1) is 10.2 Å². The molecular formula is C16H23N5O. The van der Waals surface area contributed by atoms with Gasteiger partial charge in [0.05, 0.1) is 12.3 Å². The number of rotatable bonds is 4. The Morgan fingerprint density at radius 2 is 2.27 bits per heavy atom. The first kappa shape index (κ1) is 13.9. The second-order valence-electron chi connectivity index (χ2n) is 6.65. The second-order valence-corrected chi connectivity index (χ2v) is 6.65. The molecule has 0 radical (unpaired) electrons. The Bertz CT molecular complexity index is 608. The van der Waals surface area contributed by atoms with Crippen LogP contribution in [0.5, 0.6) is 0 Å². The first-order chi connectivity index (χ1) is 10.8. The number of hydrogen-bond donors (Lipinski definition) is 2. The van der Waals surface area contributed by atoms with Crippen LogP contribution < -0.4 is 5.32 Å². The summed E-state index contributed by atoms with van der Waals surface area (Å²) in [6.07, 6.45) is 10.4. The highest BCUT2D eigenvalue weighted by Gasteiger charge is 2.40. The molecular weight excluding hydrogens is 278 g/mol. The lowest BCUT2D eigenvalue weighted by atomic mass is 9.92. The van der Waals surface area contributed by atoms with E-state index >= 15 is 0 Å². The summed E-state index contributed by atoms with van der Waals surface area (Å²) in [6, 6.07) is 0.194. The molecule has 2 aliphatic heterocycles. The van der Waals surface area contributed by atoms with E-state index in [-0.39, 0.29) is 18.8 Å². The summed E-state index contributed by atoms with van der Waals surface area (Å²) >= 11 is 0. The molecule has 1 aromatic heterocycles. The van der Waals surface area contributed by atoms with Crippen molar-refractivity contribution in [1.82, 2.24) is 20.1 Å². The normalized spacial score (nSPS) is 35.5. The fraction of sp³-hybridized carbons (Fsp3) is 0.688. The van der Waals surface area contributed by atoms with E-state index in [4.69, 9.17) is 0 Å². The minimum absolute atomic E-state index is 0.0805. The van der Waals surface area contributed by atoms with Gasteiger partial charge in [0.2, 0.25) is 0 Å². The lowest BCUT2D eigenvalue weighted by Gasteiger charge is -2.26. The average Bonchev–Trinajstić information content (AvgIpc) is 3.23. The van der Waals surface area contributed by atoms with E-state index < -0.39 is 0 Å². The van der Waals surface area contributed by atoms with E-state index in [9.17, 15) is 5.11 Å². The largest absolute Gasteiger partial charge is 0.396 e. The predicted octanol–water partition coefficient (Wildman–Crippen LogP) is 1.60. The van der Waals surface area contributed by atoms with Gasteiger partial charge in [0.15, 0.2) is 5.82 Å². The zero-order valence-corrected chi connectivity index (χ0v) is 12.9. The first-order valence-electron chi connectivity index (χ1n) is 8.33. The van der Waals surface area contributed by atoms with Crippen molar-refractivity contribution in [2.45, 2.75) is 50.7 Å². The molecule has 0 amide bonds. The number of aliphatic hydroxyl groups excluding tert-OH is 1. The summed E-state index contributed by atoms with van der Waals surface area (Å²) in [4.78, 5) is 4.50. The number of aliphatic hydroxyl groups is 1. The minimum atomic E-state index is 0.0805. The molecule has 0 aromatic carbocycles. The van der Waals surface area contributed by atoms with E-state index in [1.165, 1.54) is 6.42 Å². The first-order valence-corrected chi connectivity index (χ1v) is 8.33. The molecule has 118 valence electrons. The fourth-order valence-corrected chi connectivity index (χ4v) is 4.35. The molecule has 1 fully saturated rings. The van der Waals surface area contributed by atoms with Gasteiger partial charge in [0, 0.05) is 12.5 Å². The van der Waals surface area contributed by atoms with Crippen LogP contribution in [0.3, 0.4) is 0 Å². The molecule has 1 saturated carbocycles. The van der Waals surface area contributed by atoms with Crippen LogP contribution in [-0.4, -0.2) is 38.9 Å². The number of aliphatic imine (C=N–C) groups is 1. The number of fused-ring (bicyclic) bond motifs is 3. The average molecular weight is 301 g/mol. The molecule has 6 heteroatoms. The Labute approximate surface area is 130 Å². The second kappa shape index (κ2) is 5.50. The third kappa shape index (κ3) is 2.08. The van der Waals surface area contributed by atoms with Crippen LogP contribution in [0.4, 0.5) is 0 Å². The molecule has 0 bridgehead atoms. The number of aromatic nitrogens is 3. The molecule has 0 spiro atoms. The van der Waals surface area contributed by atoms with Crippen molar-refractivity contribution < 1.29 is 5.11 Å². The van der Waals surface area contributed by atoms with Crippen LogP contribution in [0.2, 0.25) is 0 Å². The molecule has 6 nitrogen and oxygen atoms in total. The molecule has 0 saturated heterocycles. The molecule has 5 atom stereocenters. The minimum Gasteiger partial charge on any atom is -0.396 e. The molecule has 2 unspecified atom stereocenters. The Kier molecular flexibility index (Phi) is 3.48. The Morgan fingerprint density at radius 3 is 3.09 bits per heavy atom. The van der Waals surface area contributed by atoms with Crippen LogP contribution in [-0.2, 0) is 0 Å². The number of nitrogens with one attached hydrogen (secondary N) is 1. The maximum absolute atomic E-state index is 9.25. The topological polar surface area (TPSA) is 75.3 Å². The Hall–Kier alpha value is -1.69. The monoisotopic (exact) mass is 301 g/mol. The zero-order chi connectivity index (χ0) is 15.1. The summed E-state index contributed by atoms with van der Waals surface area (Å²) in [7, 11) is 0. The molecule has 2 N–H and O–H groups in total. The lowest BCUT2D eigenvalue weighted by Crippen LogP contribution is -2.33. The zero-order valence-electron chi connectivity index (χ0n) is 12.9. The third-order valence-corrected chi connectivity index (χ3v) is 5.47.